The van der Waals surface area contributed by atoms with Crippen LogP contribution < -0.4 is 16.0 Å². The van der Waals surface area contributed by atoms with Crippen molar-refractivity contribution >= 4 is 46.9 Å². The van der Waals surface area contributed by atoms with E-state index in [1.165, 1.54) is 30.0 Å². The zero-order chi connectivity index (χ0) is 23.4. The van der Waals surface area contributed by atoms with Crippen LogP contribution in [0.5, 0.6) is 0 Å². The molecular formula is C21H25ClN4O6. The van der Waals surface area contributed by atoms with Crippen molar-refractivity contribution in [3.63, 3.8) is 0 Å². The fourth-order valence-corrected chi connectivity index (χ4v) is 3.97. The van der Waals surface area contributed by atoms with E-state index in [1.54, 1.807) is 6.92 Å². The first-order chi connectivity index (χ1) is 15.2. The Morgan fingerprint density at radius 3 is 2.62 bits per heavy atom. The summed E-state index contributed by atoms with van der Waals surface area (Å²) >= 11 is 6.11. The molecule has 10 nitrogen and oxygen atoms in total. The Bertz CT molecular complexity index is 952. The van der Waals surface area contributed by atoms with Crippen molar-refractivity contribution in [3.8, 4) is 0 Å². The monoisotopic (exact) mass is 464 g/mol. The summed E-state index contributed by atoms with van der Waals surface area (Å²) in [4.78, 5) is 62.0. The lowest BCUT2D eigenvalue weighted by atomic mass is 10.1. The number of hydrogen-bond donors (Lipinski definition) is 3. The largest absolute Gasteiger partial charge is 0.463 e. The summed E-state index contributed by atoms with van der Waals surface area (Å²) in [5, 5.41) is 8.13. The first-order valence-electron chi connectivity index (χ1n) is 10.3. The van der Waals surface area contributed by atoms with E-state index in [2.05, 4.69) is 16.0 Å². The Kier molecular flexibility index (Phi) is 7.34. The summed E-state index contributed by atoms with van der Waals surface area (Å²) in [6.07, 6.45) is 1.27. The molecule has 1 aromatic carbocycles. The van der Waals surface area contributed by atoms with Gasteiger partial charge in [-0.05, 0) is 38.0 Å². The highest BCUT2D eigenvalue weighted by Gasteiger charge is 2.38. The van der Waals surface area contributed by atoms with E-state index in [9.17, 15) is 24.0 Å². The molecule has 0 radical (unpaired) electrons. The van der Waals surface area contributed by atoms with Gasteiger partial charge in [0.15, 0.2) is 0 Å². The van der Waals surface area contributed by atoms with E-state index in [-0.39, 0.29) is 47.3 Å². The second-order valence-corrected chi connectivity index (χ2v) is 8.26. The van der Waals surface area contributed by atoms with Gasteiger partial charge in [-0.2, -0.15) is 0 Å². The number of cyclic esters (lactones) is 1. The van der Waals surface area contributed by atoms with Crippen LogP contribution in [0.4, 0.5) is 5.69 Å². The van der Waals surface area contributed by atoms with Crippen molar-refractivity contribution in [1.29, 1.82) is 0 Å². The molecule has 4 amide bonds. The average Bonchev–Trinajstić information content (AvgIpc) is 3.37. The highest BCUT2D eigenvalue weighted by atomic mass is 35.5. The molecule has 1 aromatic rings. The third kappa shape index (κ3) is 5.56. The second-order valence-electron chi connectivity index (χ2n) is 7.85. The smallest absolute Gasteiger partial charge is 0.308 e. The number of rotatable bonds is 6. The van der Waals surface area contributed by atoms with Gasteiger partial charge in [-0.1, -0.05) is 11.6 Å². The third-order valence-corrected chi connectivity index (χ3v) is 5.62. The molecule has 3 rings (SSSR count). The number of halogens is 1. The number of anilines is 1. The van der Waals surface area contributed by atoms with Crippen LogP contribution in [-0.4, -0.2) is 65.8 Å². The molecule has 11 heteroatoms. The fraction of sp³-hybridized carbons (Fsp3) is 0.476. The minimum Gasteiger partial charge on any atom is -0.463 e. The lowest BCUT2D eigenvalue weighted by molar-refractivity contribution is -0.139. The van der Waals surface area contributed by atoms with Gasteiger partial charge >= 0.3 is 5.97 Å². The van der Waals surface area contributed by atoms with Gasteiger partial charge in [0.25, 0.3) is 5.91 Å². The molecule has 3 atom stereocenters. The number of likely N-dealkylation sites (tertiary alicyclic amines) is 1. The van der Waals surface area contributed by atoms with Gasteiger partial charge in [-0.25, -0.2) is 0 Å². The van der Waals surface area contributed by atoms with Crippen molar-refractivity contribution in [2.24, 2.45) is 0 Å². The van der Waals surface area contributed by atoms with Gasteiger partial charge < -0.3 is 25.6 Å². The molecule has 0 aliphatic carbocycles. The maximum Gasteiger partial charge on any atom is 0.308 e. The molecule has 2 fully saturated rings. The van der Waals surface area contributed by atoms with Crippen LogP contribution in [0.25, 0.3) is 0 Å². The van der Waals surface area contributed by atoms with Crippen LogP contribution >= 0.6 is 11.6 Å². The number of hydrogen-bond acceptors (Lipinski definition) is 6. The van der Waals surface area contributed by atoms with Gasteiger partial charge in [0, 0.05) is 19.0 Å². The molecule has 0 spiro atoms. The van der Waals surface area contributed by atoms with Gasteiger partial charge in [0.1, 0.15) is 18.7 Å². The normalized spacial score (nSPS) is 21.0. The van der Waals surface area contributed by atoms with E-state index < -0.39 is 24.0 Å². The lowest BCUT2D eigenvalue weighted by Crippen LogP contribution is -2.53. The maximum absolute atomic E-state index is 12.9. The molecule has 0 bridgehead atoms. The molecule has 2 heterocycles. The summed E-state index contributed by atoms with van der Waals surface area (Å²) in [5.41, 5.74) is 0.602. The quantitative estimate of drug-likeness (QED) is 0.534. The molecule has 2 aliphatic rings. The summed E-state index contributed by atoms with van der Waals surface area (Å²) in [7, 11) is 0. The summed E-state index contributed by atoms with van der Waals surface area (Å²) in [6, 6.07) is 2.46. The Hall–Kier alpha value is -3.14. The standard InChI is InChI=1S/C21H25ClN4O6/c1-11(23-19(29)13-5-6-16(15(22)8-13)24-12(2)27)21(31)26-7-3-4-17(26)20(30)25-14-9-18(28)32-10-14/h5-6,8,11,14,17H,3-4,7,9-10H2,1-2H3,(H,23,29)(H,24,27)(H,25,30)/t11-,14?,17-/m0/s1. The van der Waals surface area contributed by atoms with Crippen molar-refractivity contribution in [3.05, 3.63) is 28.8 Å². The summed E-state index contributed by atoms with van der Waals surface area (Å²) in [5.74, 6) is -1.88. The third-order valence-electron chi connectivity index (χ3n) is 5.30. The molecule has 2 saturated heterocycles. The lowest BCUT2D eigenvalue weighted by Gasteiger charge is -2.27. The Morgan fingerprint density at radius 2 is 2.00 bits per heavy atom. The van der Waals surface area contributed by atoms with E-state index in [1.807, 2.05) is 0 Å². The Morgan fingerprint density at radius 1 is 1.25 bits per heavy atom. The SMILES string of the molecule is CC(=O)Nc1ccc(C(=O)N[C@@H](C)C(=O)N2CCC[C@H]2C(=O)NC2COC(=O)C2)cc1Cl. The van der Waals surface area contributed by atoms with E-state index in [0.29, 0.717) is 25.1 Å². The highest BCUT2D eigenvalue weighted by Crippen LogP contribution is 2.23. The van der Waals surface area contributed by atoms with Crippen LogP contribution in [0, 0.1) is 0 Å². The zero-order valence-corrected chi connectivity index (χ0v) is 18.5. The van der Waals surface area contributed by atoms with Crippen molar-refractivity contribution < 1.29 is 28.7 Å². The van der Waals surface area contributed by atoms with Crippen molar-refractivity contribution in [1.82, 2.24) is 15.5 Å². The Labute approximate surface area is 190 Å². The average molecular weight is 465 g/mol. The van der Waals surface area contributed by atoms with Gasteiger partial charge in [-0.15, -0.1) is 0 Å². The predicted molar refractivity (Wildman–Crippen MR) is 115 cm³/mol. The number of nitrogens with zero attached hydrogens (tertiary/aromatic N) is 1. The minimum absolute atomic E-state index is 0.113. The number of ether oxygens (including phenoxy) is 1. The minimum atomic E-state index is -0.874. The number of carbonyl (C=O) groups excluding carboxylic acids is 5. The molecule has 1 unspecified atom stereocenters. The van der Waals surface area contributed by atoms with E-state index >= 15 is 0 Å². The number of benzene rings is 1. The summed E-state index contributed by atoms with van der Waals surface area (Å²) < 4.78 is 4.85. The molecule has 3 N–H and O–H groups in total. The van der Waals surface area contributed by atoms with E-state index in [4.69, 9.17) is 16.3 Å². The Balaban J connectivity index is 1.59. The molecule has 0 saturated carbocycles. The molecule has 32 heavy (non-hydrogen) atoms. The number of esters is 1. The molecule has 172 valence electrons. The van der Waals surface area contributed by atoms with Gasteiger partial charge in [0.2, 0.25) is 17.7 Å². The van der Waals surface area contributed by atoms with Gasteiger partial charge in [-0.3, -0.25) is 24.0 Å². The second kappa shape index (κ2) is 9.99. The topological polar surface area (TPSA) is 134 Å². The highest BCUT2D eigenvalue weighted by molar-refractivity contribution is 6.34. The van der Waals surface area contributed by atoms with Crippen LogP contribution in [-0.2, 0) is 23.9 Å². The first-order valence-corrected chi connectivity index (χ1v) is 10.7. The predicted octanol–water partition coefficient (Wildman–Crippen LogP) is 0.839. The molecular weight excluding hydrogens is 440 g/mol. The van der Waals surface area contributed by atoms with E-state index in [0.717, 1.165) is 0 Å². The van der Waals surface area contributed by atoms with Crippen molar-refractivity contribution in [2.45, 2.75) is 51.2 Å². The number of nitrogens with one attached hydrogen (secondary N) is 3. The van der Waals surface area contributed by atoms with Crippen LogP contribution in [0.1, 0.15) is 43.5 Å². The first kappa shape index (κ1) is 23.5. The maximum atomic E-state index is 12.9. The van der Waals surface area contributed by atoms with Crippen molar-refractivity contribution in [2.75, 3.05) is 18.5 Å². The zero-order valence-electron chi connectivity index (χ0n) is 17.8. The molecule has 0 aromatic heterocycles. The van der Waals surface area contributed by atoms with Crippen LogP contribution in [0.3, 0.4) is 0 Å². The number of carbonyl (C=O) groups is 5. The van der Waals surface area contributed by atoms with Crippen LogP contribution in [0.2, 0.25) is 5.02 Å². The number of amides is 4. The van der Waals surface area contributed by atoms with Crippen LogP contribution in [0.15, 0.2) is 18.2 Å². The van der Waals surface area contributed by atoms with Gasteiger partial charge in [0.05, 0.1) is 23.2 Å². The summed E-state index contributed by atoms with van der Waals surface area (Å²) in [6.45, 7) is 3.41. The fourth-order valence-electron chi connectivity index (χ4n) is 3.74. The molecule has 2 aliphatic heterocycles.